The van der Waals surface area contributed by atoms with E-state index in [-0.39, 0.29) is 6.10 Å². The Morgan fingerprint density at radius 2 is 1.92 bits per heavy atom. The van der Waals surface area contributed by atoms with Crippen molar-refractivity contribution in [3.63, 3.8) is 0 Å². The molecule has 0 unspecified atom stereocenters. The molecule has 0 amide bonds. The number of aliphatic hydroxyl groups is 1. The zero-order valence-corrected chi connectivity index (χ0v) is 15.2. The third kappa shape index (κ3) is 3.03. The lowest BCUT2D eigenvalue weighted by molar-refractivity contribution is 0.0892. The Kier molecular flexibility index (Phi) is 4.55. The topological polar surface area (TPSA) is 80.0 Å². The lowest BCUT2D eigenvalue weighted by Crippen LogP contribution is -2.38. The molecule has 0 aromatic carbocycles. The number of aliphatic hydroxyl groups excluding tert-OH is 1. The van der Waals surface area contributed by atoms with Gasteiger partial charge in [0.1, 0.15) is 5.82 Å². The molecule has 1 N–H and O–H groups in total. The van der Waals surface area contributed by atoms with E-state index in [9.17, 15) is 5.11 Å². The minimum atomic E-state index is -0.201. The molecule has 0 radical (unpaired) electrons. The van der Waals surface area contributed by atoms with Crippen LogP contribution in [0.5, 0.6) is 0 Å². The Hall–Kier alpha value is -2.54. The molecule has 0 bridgehead atoms. The molecule has 1 fully saturated rings. The number of hydrogen-bond donors (Lipinski definition) is 1. The number of piperidine rings is 1. The van der Waals surface area contributed by atoms with E-state index in [0.717, 1.165) is 54.8 Å². The molecule has 4 heterocycles. The van der Waals surface area contributed by atoms with E-state index in [4.69, 9.17) is 9.97 Å². The van der Waals surface area contributed by atoms with Gasteiger partial charge in [-0.3, -0.25) is 9.67 Å². The normalized spacial score (nSPS) is 17.0. The SMILES string of the molecule is CC[C@H](O)C1CCN(c2nc(-c3ccncc3)nc3c2cnn3C)CC1. The minimum Gasteiger partial charge on any atom is -0.393 e. The first-order chi connectivity index (χ1) is 12.7. The predicted octanol–water partition coefficient (Wildman–Crippen LogP) is 2.41. The van der Waals surface area contributed by atoms with Crippen LogP contribution in [-0.2, 0) is 7.05 Å². The van der Waals surface area contributed by atoms with Crippen molar-refractivity contribution >= 4 is 16.9 Å². The lowest BCUT2D eigenvalue weighted by atomic mass is 9.90. The second-order valence-electron chi connectivity index (χ2n) is 6.91. The summed E-state index contributed by atoms with van der Waals surface area (Å²) in [4.78, 5) is 16.0. The van der Waals surface area contributed by atoms with E-state index in [1.807, 2.05) is 32.3 Å². The first-order valence-electron chi connectivity index (χ1n) is 9.20. The van der Waals surface area contributed by atoms with Crippen molar-refractivity contribution in [1.29, 1.82) is 0 Å². The molecule has 3 aromatic rings. The molecule has 4 rings (SSSR count). The highest BCUT2D eigenvalue weighted by Gasteiger charge is 2.26. The molecule has 1 atom stereocenters. The Morgan fingerprint density at radius 3 is 2.62 bits per heavy atom. The molecule has 1 aliphatic heterocycles. The van der Waals surface area contributed by atoms with Gasteiger partial charge < -0.3 is 10.0 Å². The smallest absolute Gasteiger partial charge is 0.164 e. The van der Waals surface area contributed by atoms with Gasteiger partial charge in [-0.05, 0) is 37.3 Å². The molecular formula is C19H24N6O. The van der Waals surface area contributed by atoms with Crippen molar-refractivity contribution in [1.82, 2.24) is 24.7 Å². The number of aryl methyl sites for hydroxylation is 1. The van der Waals surface area contributed by atoms with Crippen LogP contribution in [0.2, 0.25) is 0 Å². The third-order valence-corrected chi connectivity index (χ3v) is 5.31. The van der Waals surface area contributed by atoms with E-state index in [1.165, 1.54) is 0 Å². The van der Waals surface area contributed by atoms with E-state index < -0.39 is 0 Å². The second kappa shape index (κ2) is 6.99. The number of pyridine rings is 1. The fourth-order valence-electron chi connectivity index (χ4n) is 3.71. The van der Waals surface area contributed by atoms with Gasteiger partial charge in [-0.1, -0.05) is 6.92 Å². The van der Waals surface area contributed by atoms with E-state index in [2.05, 4.69) is 15.0 Å². The summed E-state index contributed by atoms with van der Waals surface area (Å²) in [7, 11) is 1.90. The summed E-state index contributed by atoms with van der Waals surface area (Å²) in [6.45, 7) is 3.82. The van der Waals surface area contributed by atoms with Gasteiger partial charge in [0.25, 0.3) is 0 Å². The van der Waals surface area contributed by atoms with Crippen LogP contribution < -0.4 is 4.90 Å². The maximum atomic E-state index is 10.1. The van der Waals surface area contributed by atoms with Gasteiger partial charge >= 0.3 is 0 Å². The number of hydrogen-bond acceptors (Lipinski definition) is 6. The van der Waals surface area contributed by atoms with Crippen LogP contribution in [0.4, 0.5) is 5.82 Å². The molecule has 0 aliphatic carbocycles. The van der Waals surface area contributed by atoms with Crippen LogP contribution in [0.25, 0.3) is 22.4 Å². The van der Waals surface area contributed by atoms with E-state index >= 15 is 0 Å². The maximum absolute atomic E-state index is 10.1. The number of aromatic nitrogens is 5. The van der Waals surface area contributed by atoms with Crippen molar-refractivity contribution in [2.75, 3.05) is 18.0 Å². The summed E-state index contributed by atoms with van der Waals surface area (Å²) >= 11 is 0. The highest BCUT2D eigenvalue weighted by atomic mass is 16.3. The number of rotatable bonds is 4. The number of anilines is 1. The highest BCUT2D eigenvalue weighted by molar-refractivity contribution is 5.88. The van der Waals surface area contributed by atoms with Gasteiger partial charge in [0.2, 0.25) is 0 Å². The third-order valence-electron chi connectivity index (χ3n) is 5.31. The lowest BCUT2D eigenvalue weighted by Gasteiger charge is -2.35. The van der Waals surface area contributed by atoms with Crippen LogP contribution in [0.3, 0.4) is 0 Å². The molecule has 0 saturated carbocycles. The fourth-order valence-corrected chi connectivity index (χ4v) is 3.71. The molecule has 26 heavy (non-hydrogen) atoms. The summed E-state index contributed by atoms with van der Waals surface area (Å²) in [6, 6.07) is 3.84. The summed E-state index contributed by atoms with van der Waals surface area (Å²) in [5, 5.41) is 15.5. The zero-order valence-electron chi connectivity index (χ0n) is 15.2. The van der Waals surface area contributed by atoms with Gasteiger partial charge in [-0.2, -0.15) is 5.10 Å². The molecule has 1 aliphatic rings. The van der Waals surface area contributed by atoms with Crippen LogP contribution in [0.15, 0.2) is 30.7 Å². The second-order valence-corrected chi connectivity index (χ2v) is 6.91. The van der Waals surface area contributed by atoms with Crippen molar-refractivity contribution in [3.05, 3.63) is 30.7 Å². The quantitative estimate of drug-likeness (QED) is 0.777. The predicted molar refractivity (Wildman–Crippen MR) is 101 cm³/mol. The summed E-state index contributed by atoms with van der Waals surface area (Å²) in [5.41, 5.74) is 1.78. The molecule has 1 saturated heterocycles. The first kappa shape index (κ1) is 16.9. The number of nitrogens with zero attached hydrogens (tertiary/aromatic N) is 6. The van der Waals surface area contributed by atoms with Crippen LogP contribution >= 0.6 is 0 Å². The van der Waals surface area contributed by atoms with Crippen LogP contribution in [0, 0.1) is 5.92 Å². The van der Waals surface area contributed by atoms with Crippen molar-refractivity contribution < 1.29 is 5.11 Å². The van der Waals surface area contributed by atoms with Gasteiger partial charge in [0.15, 0.2) is 11.5 Å². The molecule has 7 heteroatoms. The zero-order chi connectivity index (χ0) is 18.1. The summed E-state index contributed by atoms with van der Waals surface area (Å²) in [5.74, 6) is 2.00. The number of fused-ring (bicyclic) bond motifs is 1. The average Bonchev–Trinajstić information content (AvgIpc) is 3.08. The monoisotopic (exact) mass is 352 g/mol. The van der Waals surface area contributed by atoms with Crippen molar-refractivity contribution in [2.45, 2.75) is 32.3 Å². The van der Waals surface area contributed by atoms with E-state index in [1.54, 1.807) is 17.1 Å². The average molecular weight is 352 g/mol. The molecule has 136 valence electrons. The largest absolute Gasteiger partial charge is 0.393 e. The molecule has 7 nitrogen and oxygen atoms in total. The fraction of sp³-hybridized carbons (Fsp3) is 0.474. The molecular weight excluding hydrogens is 328 g/mol. The molecule has 3 aromatic heterocycles. The summed E-state index contributed by atoms with van der Waals surface area (Å²) < 4.78 is 1.79. The first-order valence-corrected chi connectivity index (χ1v) is 9.20. The standard InChI is InChI=1S/C19H24N6O/c1-3-16(26)13-6-10-25(11-7-13)19-15-12-21-24(2)18(15)22-17(23-19)14-4-8-20-9-5-14/h4-5,8-9,12-13,16,26H,3,6-7,10-11H2,1-2H3/t16-/m0/s1. The maximum Gasteiger partial charge on any atom is 0.164 e. The molecule has 0 spiro atoms. The van der Waals surface area contributed by atoms with Gasteiger partial charge in [0.05, 0.1) is 17.7 Å². The Balaban J connectivity index is 1.71. The van der Waals surface area contributed by atoms with Crippen molar-refractivity contribution in [3.8, 4) is 11.4 Å². The van der Waals surface area contributed by atoms with E-state index in [0.29, 0.717) is 11.7 Å². The van der Waals surface area contributed by atoms with Gasteiger partial charge in [-0.15, -0.1) is 0 Å². The Morgan fingerprint density at radius 1 is 1.19 bits per heavy atom. The minimum absolute atomic E-state index is 0.201. The van der Waals surface area contributed by atoms with Crippen molar-refractivity contribution in [2.24, 2.45) is 13.0 Å². The Bertz CT molecular complexity index is 886. The van der Waals surface area contributed by atoms with Crippen LogP contribution in [-0.4, -0.2) is 49.0 Å². The van der Waals surface area contributed by atoms with Gasteiger partial charge in [0, 0.05) is 38.1 Å². The Labute approximate surface area is 152 Å². The summed E-state index contributed by atoms with van der Waals surface area (Å²) in [6.07, 6.45) is 7.92. The highest BCUT2D eigenvalue weighted by Crippen LogP contribution is 2.31. The van der Waals surface area contributed by atoms with Crippen LogP contribution in [0.1, 0.15) is 26.2 Å². The van der Waals surface area contributed by atoms with Gasteiger partial charge in [-0.25, -0.2) is 9.97 Å².